The van der Waals surface area contributed by atoms with E-state index < -0.39 is 14.5 Å². The van der Waals surface area contributed by atoms with Crippen molar-refractivity contribution in [1.82, 2.24) is 0 Å². The van der Waals surface area contributed by atoms with Crippen LogP contribution in [-0.4, -0.2) is 20.8 Å². The van der Waals surface area contributed by atoms with Crippen molar-refractivity contribution in [2.75, 3.05) is 12.4 Å². The van der Waals surface area contributed by atoms with Gasteiger partial charge in [-0.2, -0.15) is 0 Å². The van der Waals surface area contributed by atoms with Crippen molar-refractivity contribution in [3.8, 4) is 5.75 Å². The largest absolute Gasteiger partial charge is 0.493 e. The number of halogens is 3. The topological polar surface area (TPSA) is 43.4 Å². The van der Waals surface area contributed by atoms with Gasteiger partial charge in [0.15, 0.2) is 0 Å². The van der Waals surface area contributed by atoms with E-state index in [4.69, 9.17) is 38.6 Å². The molecule has 0 saturated carbocycles. The van der Waals surface area contributed by atoms with Crippen molar-refractivity contribution in [2.24, 2.45) is 5.41 Å². The summed E-state index contributed by atoms with van der Waals surface area (Å²) in [5, 5.41) is 0.937. The van der Waals surface area contributed by atoms with Crippen LogP contribution in [0.3, 0.4) is 0 Å². The standard InChI is InChI=1S/C13H17Cl3O3S/c1-3-13(4-2,9-20(16,17)18)8-19-12-6-10(14)5-11(15)7-12/h5-7H,3-4,8-9H2,1-2H3. The number of rotatable bonds is 7. The van der Waals surface area contributed by atoms with Crippen LogP contribution in [0, 0.1) is 5.41 Å². The molecule has 0 radical (unpaired) electrons. The zero-order chi connectivity index (χ0) is 15.4. The summed E-state index contributed by atoms with van der Waals surface area (Å²) >= 11 is 11.8. The molecular formula is C13H17Cl3O3S. The molecule has 0 fully saturated rings. The third-order valence-electron chi connectivity index (χ3n) is 3.36. The minimum absolute atomic E-state index is 0.122. The molecule has 0 aliphatic heterocycles. The van der Waals surface area contributed by atoms with Gasteiger partial charge >= 0.3 is 0 Å². The molecule has 0 heterocycles. The molecule has 0 saturated heterocycles. The Morgan fingerprint density at radius 3 is 2.00 bits per heavy atom. The monoisotopic (exact) mass is 358 g/mol. The fourth-order valence-corrected chi connectivity index (χ4v) is 4.34. The summed E-state index contributed by atoms with van der Waals surface area (Å²) in [4.78, 5) is 0. The van der Waals surface area contributed by atoms with E-state index in [0.29, 0.717) is 28.6 Å². The van der Waals surface area contributed by atoms with E-state index in [2.05, 4.69) is 0 Å². The molecular weight excluding hydrogens is 343 g/mol. The van der Waals surface area contributed by atoms with Gasteiger partial charge in [0.25, 0.3) is 0 Å². The molecule has 1 rings (SSSR count). The molecule has 0 aliphatic carbocycles. The third kappa shape index (κ3) is 5.68. The SMILES string of the molecule is CCC(CC)(COc1cc(Cl)cc(Cl)c1)CS(=O)(=O)Cl. The maximum Gasteiger partial charge on any atom is 0.233 e. The third-order valence-corrected chi connectivity index (χ3v) is 5.08. The quantitative estimate of drug-likeness (QED) is 0.660. The Hall–Kier alpha value is -0.160. The molecule has 0 aromatic heterocycles. The zero-order valence-electron chi connectivity index (χ0n) is 11.3. The van der Waals surface area contributed by atoms with Gasteiger partial charge in [0.1, 0.15) is 5.75 Å². The van der Waals surface area contributed by atoms with Gasteiger partial charge < -0.3 is 4.74 Å². The van der Waals surface area contributed by atoms with Gasteiger partial charge in [-0.25, -0.2) is 8.42 Å². The van der Waals surface area contributed by atoms with E-state index in [1.54, 1.807) is 18.2 Å². The maximum absolute atomic E-state index is 11.4. The first kappa shape index (κ1) is 17.9. The summed E-state index contributed by atoms with van der Waals surface area (Å²) in [6.45, 7) is 4.07. The number of hydrogen-bond acceptors (Lipinski definition) is 3. The van der Waals surface area contributed by atoms with Crippen molar-refractivity contribution >= 4 is 42.9 Å². The average Bonchev–Trinajstić information content (AvgIpc) is 2.32. The van der Waals surface area contributed by atoms with Crippen molar-refractivity contribution in [3.63, 3.8) is 0 Å². The second kappa shape index (κ2) is 7.21. The molecule has 7 heteroatoms. The summed E-state index contributed by atoms with van der Waals surface area (Å²) < 4.78 is 28.4. The minimum Gasteiger partial charge on any atom is -0.493 e. The Kier molecular flexibility index (Phi) is 6.45. The molecule has 0 unspecified atom stereocenters. The Balaban J connectivity index is 2.86. The minimum atomic E-state index is -3.59. The maximum atomic E-state index is 11.4. The predicted molar refractivity (Wildman–Crippen MR) is 84.6 cm³/mol. The van der Waals surface area contributed by atoms with Crippen LogP contribution in [0.5, 0.6) is 5.75 Å². The van der Waals surface area contributed by atoms with Crippen LogP contribution in [-0.2, 0) is 9.05 Å². The van der Waals surface area contributed by atoms with Crippen LogP contribution < -0.4 is 4.74 Å². The highest BCUT2D eigenvalue weighted by atomic mass is 35.7. The summed E-state index contributed by atoms with van der Waals surface area (Å²) in [5.74, 6) is 0.392. The van der Waals surface area contributed by atoms with E-state index in [9.17, 15) is 8.42 Å². The first-order valence-electron chi connectivity index (χ1n) is 6.21. The summed E-state index contributed by atoms with van der Waals surface area (Å²) in [5.41, 5.74) is -0.518. The summed E-state index contributed by atoms with van der Waals surface area (Å²) in [7, 11) is 1.80. The lowest BCUT2D eigenvalue weighted by Gasteiger charge is -2.30. The van der Waals surface area contributed by atoms with Crippen molar-refractivity contribution < 1.29 is 13.2 Å². The number of ether oxygens (including phenoxy) is 1. The van der Waals surface area contributed by atoms with E-state index in [0.717, 1.165) is 0 Å². The van der Waals surface area contributed by atoms with Crippen LogP contribution in [0.15, 0.2) is 18.2 Å². The summed E-state index contributed by atoms with van der Waals surface area (Å²) in [6, 6.07) is 4.88. The molecule has 3 nitrogen and oxygen atoms in total. The lowest BCUT2D eigenvalue weighted by atomic mass is 9.85. The van der Waals surface area contributed by atoms with Crippen LogP contribution in [0.4, 0.5) is 0 Å². The molecule has 0 N–H and O–H groups in total. The van der Waals surface area contributed by atoms with Crippen molar-refractivity contribution in [2.45, 2.75) is 26.7 Å². The molecule has 0 atom stereocenters. The van der Waals surface area contributed by atoms with Gasteiger partial charge in [0, 0.05) is 26.1 Å². The van der Waals surface area contributed by atoms with Crippen molar-refractivity contribution in [1.29, 1.82) is 0 Å². The molecule has 114 valence electrons. The predicted octanol–water partition coefficient (Wildman–Crippen LogP) is 4.75. The van der Waals surface area contributed by atoms with Crippen LogP contribution >= 0.6 is 33.9 Å². The second-order valence-corrected chi connectivity index (χ2v) is 8.43. The number of benzene rings is 1. The lowest BCUT2D eigenvalue weighted by Crippen LogP contribution is -2.33. The molecule has 20 heavy (non-hydrogen) atoms. The second-order valence-electron chi connectivity index (χ2n) is 4.78. The zero-order valence-corrected chi connectivity index (χ0v) is 14.4. The normalized spacial score (nSPS) is 12.4. The van der Waals surface area contributed by atoms with E-state index in [1.165, 1.54) is 0 Å². The van der Waals surface area contributed by atoms with E-state index >= 15 is 0 Å². The van der Waals surface area contributed by atoms with Gasteiger partial charge in [-0.1, -0.05) is 37.0 Å². The highest BCUT2D eigenvalue weighted by Crippen LogP contribution is 2.32. The fraction of sp³-hybridized carbons (Fsp3) is 0.538. The molecule has 1 aromatic rings. The molecule has 0 bridgehead atoms. The first-order valence-corrected chi connectivity index (χ1v) is 9.44. The van der Waals surface area contributed by atoms with Gasteiger partial charge in [0.05, 0.1) is 12.4 Å². The Labute approximate surface area is 134 Å². The van der Waals surface area contributed by atoms with E-state index in [1.807, 2.05) is 13.8 Å². The molecule has 0 aliphatic rings. The van der Waals surface area contributed by atoms with Gasteiger partial charge in [-0.15, -0.1) is 0 Å². The van der Waals surface area contributed by atoms with Gasteiger partial charge in [-0.05, 0) is 31.0 Å². The summed E-state index contributed by atoms with van der Waals surface area (Å²) in [6.07, 6.45) is 1.29. The Morgan fingerprint density at radius 1 is 1.10 bits per heavy atom. The van der Waals surface area contributed by atoms with Crippen LogP contribution in [0.25, 0.3) is 0 Å². The fourth-order valence-electron chi connectivity index (χ4n) is 1.91. The molecule has 0 spiro atoms. The van der Waals surface area contributed by atoms with Gasteiger partial charge in [0.2, 0.25) is 9.05 Å². The van der Waals surface area contributed by atoms with Gasteiger partial charge in [-0.3, -0.25) is 0 Å². The smallest absolute Gasteiger partial charge is 0.233 e. The lowest BCUT2D eigenvalue weighted by molar-refractivity contribution is 0.155. The van der Waals surface area contributed by atoms with E-state index in [-0.39, 0.29) is 12.4 Å². The Bertz CT molecular complexity index is 534. The van der Waals surface area contributed by atoms with Crippen molar-refractivity contribution in [3.05, 3.63) is 28.2 Å². The molecule has 1 aromatic carbocycles. The highest BCUT2D eigenvalue weighted by molar-refractivity contribution is 8.13. The average molecular weight is 360 g/mol. The first-order chi connectivity index (χ1) is 9.19. The molecule has 0 amide bonds. The Morgan fingerprint density at radius 2 is 1.60 bits per heavy atom. The highest BCUT2D eigenvalue weighted by Gasteiger charge is 2.32. The number of hydrogen-bond donors (Lipinski definition) is 0. The van der Waals surface area contributed by atoms with Crippen LogP contribution in [0.2, 0.25) is 10.0 Å². The van der Waals surface area contributed by atoms with Crippen LogP contribution in [0.1, 0.15) is 26.7 Å².